The van der Waals surface area contributed by atoms with Crippen molar-refractivity contribution in [1.29, 1.82) is 0 Å². The molecule has 0 saturated heterocycles. The predicted octanol–water partition coefficient (Wildman–Crippen LogP) is 4.67. The van der Waals surface area contributed by atoms with Crippen LogP contribution >= 0.6 is 0 Å². The first-order valence-electron chi connectivity index (χ1n) is 10.1. The van der Waals surface area contributed by atoms with Crippen LogP contribution < -0.4 is 20.3 Å². The van der Waals surface area contributed by atoms with Crippen molar-refractivity contribution in [1.82, 2.24) is 4.98 Å². The Morgan fingerprint density at radius 2 is 1.87 bits per heavy atom. The Hall–Kier alpha value is -3.19. The molecule has 1 saturated carbocycles. The number of rotatable bonds is 4. The number of amides is 1. The molecule has 1 aliphatic carbocycles. The highest BCUT2D eigenvalue weighted by atomic mass is 16.7. The van der Waals surface area contributed by atoms with E-state index in [1.165, 1.54) is 0 Å². The van der Waals surface area contributed by atoms with E-state index in [2.05, 4.69) is 36.6 Å². The molecule has 0 spiro atoms. The van der Waals surface area contributed by atoms with Gasteiger partial charge in [-0.05, 0) is 48.7 Å². The normalized spacial score (nSPS) is 16.5. The molecule has 0 bridgehead atoms. The number of nitrogens with one attached hydrogen (secondary N) is 3. The third-order valence-corrected chi connectivity index (χ3v) is 6.03. The number of hydrogen-bond donors (Lipinski definition) is 4. The molecule has 1 aromatic heterocycles. The van der Waals surface area contributed by atoms with Crippen LogP contribution in [-0.2, 0) is 15.6 Å². The van der Waals surface area contributed by atoms with E-state index in [0.29, 0.717) is 22.9 Å². The number of aromatic amines is 1. The second kappa shape index (κ2) is 6.40. The van der Waals surface area contributed by atoms with Gasteiger partial charge in [0.15, 0.2) is 11.5 Å². The fraction of sp³-hybridized carbons (Fsp3) is 0.348. The zero-order valence-electron chi connectivity index (χ0n) is 17.3. The van der Waals surface area contributed by atoms with Crippen molar-refractivity contribution in [2.45, 2.75) is 44.4 Å². The van der Waals surface area contributed by atoms with Crippen molar-refractivity contribution >= 4 is 28.2 Å². The van der Waals surface area contributed by atoms with Crippen LogP contribution in [0.1, 0.15) is 44.9 Å². The summed E-state index contributed by atoms with van der Waals surface area (Å²) in [6.07, 6.45) is 1.59. The maximum Gasteiger partial charge on any atom is 0.235 e. The average molecular weight is 407 g/mol. The van der Waals surface area contributed by atoms with Gasteiger partial charge in [0.05, 0.1) is 11.1 Å². The minimum absolute atomic E-state index is 0.0363. The fourth-order valence-corrected chi connectivity index (χ4v) is 4.17. The number of ether oxygens (including phenoxy) is 2. The lowest BCUT2D eigenvalue weighted by Gasteiger charge is -2.18. The van der Waals surface area contributed by atoms with Gasteiger partial charge in [0.2, 0.25) is 12.7 Å². The van der Waals surface area contributed by atoms with Gasteiger partial charge < -0.3 is 19.8 Å². The zero-order chi connectivity index (χ0) is 21.1. The van der Waals surface area contributed by atoms with Crippen LogP contribution in [0.15, 0.2) is 36.4 Å². The van der Waals surface area contributed by atoms with Crippen molar-refractivity contribution in [3.63, 3.8) is 0 Å². The number of aromatic nitrogens is 1. The summed E-state index contributed by atoms with van der Waals surface area (Å²) in [6, 6.07) is 11.4. The van der Waals surface area contributed by atoms with E-state index >= 15 is 0 Å². The molecule has 4 N–H and O–H groups in total. The molecule has 1 aliphatic heterocycles. The molecule has 7 nitrogen and oxygen atoms in total. The van der Waals surface area contributed by atoms with Gasteiger partial charge in [0, 0.05) is 27.7 Å². The fourth-order valence-electron chi connectivity index (χ4n) is 4.17. The highest BCUT2D eigenvalue weighted by molar-refractivity contribution is 6.04. The van der Waals surface area contributed by atoms with Gasteiger partial charge in [-0.1, -0.05) is 26.8 Å². The maximum absolute atomic E-state index is 13.2. The Balaban J connectivity index is 1.45. The van der Waals surface area contributed by atoms with Crippen LogP contribution in [0.2, 0.25) is 0 Å². The maximum atomic E-state index is 13.2. The zero-order valence-corrected chi connectivity index (χ0v) is 17.3. The number of H-pyrrole nitrogens is 1. The largest absolute Gasteiger partial charge is 0.454 e. The van der Waals surface area contributed by atoms with Crippen LogP contribution in [-0.4, -0.2) is 22.9 Å². The summed E-state index contributed by atoms with van der Waals surface area (Å²) in [6.45, 7) is 6.43. The number of anilines is 2. The van der Waals surface area contributed by atoms with Crippen molar-refractivity contribution in [2.75, 3.05) is 17.6 Å². The highest BCUT2D eigenvalue weighted by Crippen LogP contribution is 2.51. The van der Waals surface area contributed by atoms with Gasteiger partial charge in [-0.2, -0.15) is 0 Å². The van der Waals surface area contributed by atoms with E-state index in [0.717, 1.165) is 35.0 Å². The summed E-state index contributed by atoms with van der Waals surface area (Å²) in [4.78, 5) is 16.6. The van der Waals surface area contributed by atoms with Crippen molar-refractivity contribution in [3.8, 4) is 11.5 Å². The smallest absolute Gasteiger partial charge is 0.235 e. The Morgan fingerprint density at radius 1 is 1.10 bits per heavy atom. The van der Waals surface area contributed by atoms with Gasteiger partial charge in [-0.15, -0.1) is 0 Å². The van der Waals surface area contributed by atoms with E-state index in [1.54, 1.807) is 0 Å². The lowest BCUT2D eigenvalue weighted by Crippen LogP contribution is -2.27. The number of hydrogen-bond acceptors (Lipinski definition) is 5. The van der Waals surface area contributed by atoms with Gasteiger partial charge >= 0.3 is 0 Å². The van der Waals surface area contributed by atoms with Crippen molar-refractivity contribution < 1.29 is 19.5 Å². The topological polar surface area (TPSA) is 95.6 Å². The number of benzene rings is 2. The number of carbonyl (C=O) groups is 1. The first kappa shape index (κ1) is 18.8. The second-order valence-corrected chi connectivity index (χ2v) is 9.10. The molecule has 1 fully saturated rings. The Kier molecular flexibility index (Phi) is 4.02. The number of fused-ring (bicyclic) bond motifs is 2. The molecule has 156 valence electrons. The molecule has 0 atom stereocenters. The monoisotopic (exact) mass is 407 g/mol. The average Bonchev–Trinajstić information content (AvgIpc) is 3.24. The van der Waals surface area contributed by atoms with Crippen LogP contribution in [0.3, 0.4) is 0 Å². The molecule has 30 heavy (non-hydrogen) atoms. The first-order valence-corrected chi connectivity index (χ1v) is 10.1. The molecule has 2 aliphatic rings. The molecule has 1 amide bonds. The summed E-state index contributed by atoms with van der Waals surface area (Å²) in [5.41, 5.74) is 5.68. The van der Waals surface area contributed by atoms with Crippen molar-refractivity contribution in [2.24, 2.45) is 0 Å². The molecule has 2 aromatic carbocycles. The van der Waals surface area contributed by atoms with Gasteiger partial charge in [-0.3, -0.25) is 15.5 Å². The summed E-state index contributed by atoms with van der Waals surface area (Å²) < 4.78 is 10.9. The van der Waals surface area contributed by atoms with Gasteiger partial charge in [0.1, 0.15) is 0 Å². The Labute approximate surface area is 174 Å². The number of carbonyl (C=O) groups excluding carboxylic acids is 1. The molecule has 0 radical (unpaired) electrons. The minimum atomic E-state index is -0.539. The minimum Gasteiger partial charge on any atom is -0.454 e. The summed E-state index contributed by atoms with van der Waals surface area (Å²) in [7, 11) is 0. The third-order valence-electron chi connectivity index (χ3n) is 6.03. The molecule has 5 rings (SSSR count). The van der Waals surface area contributed by atoms with Crippen LogP contribution in [0, 0.1) is 0 Å². The molecular weight excluding hydrogens is 382 g/mol. The summed E-state index contributed by atoms with van der Waals surface area (Å²) in [5.74, 6) is 1.37. The summed E-state index contributed by atoms with van der Waals surface area (Å²) >= 11 is 0. The second-order valence-electron chi connectivity index (χ2n) is 9.10. The molecule has 3 aromatic rings. The van der Waals surface area contributed by atoms with Gasteiger partial charge in [0.25, 0.3) is 0 Å². The van der Waals surface area contributed by atoms with Gasteiger partial charge in [-0.25, -0.2) is 0 Å². The van der Waals surface area contributed by atoms with E-state index in [9.17, 15) is 10.0 Å². The van der Waals surface area contributed by atoms with Crippen molar-refractivity contribution in [3.05, 3.63) is 47.7 Å². The lowest BCUT2D eigenvalue weighted by atomic mass is 9.91. The molecule has 2 heterocycles. The molecule has 0 unspecified atom stereocenters. The lowest BCUT2D eigenvalue weighted by molar-refractivity contribution is -0.118. The van der Waals surface area contributed by atoms with Crippen LogP contribution in [0.4, 0.5) is 11.4 Å². The quantitative estimate of drug-likeness (QED) is 0.472. The summed E-state index contributed by atoms with van der Waals surface area (Å²) in [5, 5.41) is 13.6. The van der Waals surface area contributed by atoms with E-state index < -0.39 is 5.41 Å². The van der Waals surface area contributed by atoms with E-state index in [4.69, 9.17) is 9.47 Å². The third kappa shape index (κ3) is 2.89. The first-order chi connectivity index (χ1) is 14.3. The SMILES string of the molecule is CC(C)(C)c1[nH]c2ccc(NC(=O)C3(c4ccc5c(c4)OCO5)CC3)cc2c1NO. The van der Waals surface area contributed by atoms with E-state index in [1.807, 2.05) is 36.4 Å². The molecule has 7 heteroatoms. The Bertz CT molecular complexity index is 1160. The Morgan fingerprint density at radius 3 is 2.57 bits per heavy atom. The van der Waals surface area contributed by atoms with E-state index in [-0.39, 0.29) is 18.1 Å². The predicted molar refractivity (Wildman–Crippen MR) is 115 cm³/mol. The van der Waals surface area contributed by atoms with Crippen LogP contribution in [0.5, 0.6) is 11.5 Å². The standard InChI is InChI=1S/C23H25N3O4/c1-22(2,3)20-19(26-28)15-11-14(5-6-16(15)25-20)24-21(27)23(8-9-23)13-4-7-17-18(10-13)30-12-29-17/h4-7,10-11,25-26,28H,8-9,12H2,1-3H3,(H,24,27). The van der Waals surface area contributed by atoms with Crippen LogP contribution in [0.25, 0.3) is 10.9 Å². The highest BCUT2D eigenvalue weighted by Gasteiger charge is 2.51. The molecular formula is C23H25N3O4.